The molecular weight excluding hydrogens is 409 g/mol. The molecule has 0 radical (unpaired) electrons. The van der Waals surface area contributed by atoms with Crippen LogP contribution >= 0.6 is 0 Å². The zero-order valence-electron chi connectivity index (χ0n) is 19.2. The maximum absolute atomic E-state index is 14.7. The van der Waals surface area contributed by atoms with Gasteiger partial charge in [-0.05, 0) is 70.0 Å². The Labute approximate surface area is 187 Å². The van der Waals surface area contributed by atoms with Crippen LogP contribution in [0.3, 0.4) is 0 Å². The molecule has 0 unspecified atom stereocenters. The summed E-state index contributed by atoms with van der Waals surface area (Å²) in [5, 5.41) is 8.72. The number of carbonyl (C=O) groups excluding carboxylic acids is 1. The van der Waals surface area contributed by atoms with Gasteiger partial charge in [-0.1, -0.05) is 6.58 Å². The summed E-state index contributed by atoms with van der Waals surface area (Å²) in [7, 11) is 1.79. The van der Waals surface area contributed by atoms with Crippen LogP contribution in [0.1, 0.15) is 50.1 Å². The summed E-state index contributed by atoms with van der Waals surface area (Å²) in [6, 6.07) is 3.01. The smallest absolute Gasteiger partial charge is 0.435 e. The standard InChI is InChI=1S/C24H28FN5O2/c1-8-20-18(10-15(3)21-14(2)9-17(26)11-19(21)25)22(16-12-27-29(7)13-16)28-30(20)23(31)32-24(4,5)6/h8-13H,1,26H2,2-7H3/b15-10+. The highest BCUT2D eigenvalue weighted by molar-refractivity contribution is 5.91. The number of aromatic nitrogens is 4. The molecule has 0 fully saturated rings. The molecule has 168 valence electrons. The lowest BCUT2D eigenvalue weighted by atomic mass is 9.97. The number of aryl methyl sites for hydroxylation is 2. The van der Waals surface area contributed by atoms with E-state index in [1.54, 1.807) is 70.9 Å². The van der Waals surface area contributed by atoms with Crippen LogP contribution in [0, 0.1) is 12.7 Å². The highest BCUT2D eigenvalue weighted by atomic mass is 19.1. The highest BCUT2D eigenvalue weighted by Gasteiger charge is 2.25. The average Bonchev–Trinajstić information content (AvgIpc) is 3.22. The lowest BCUT2D eigenvalue weighted by molar-refractivity contribution is 0.0514. The molecule has 1 aromatic carbocycles. The first-order valence-corrected chi connectivity index (χ1v) is 10.1. The molecule has 2 N–H and O–H groups in total. The molecule has 3 aromatic rings. The fourth-order valence-corrected chi connectivity index (χ4v) is 3.54. The molecule has 7 nitrogen and oxygen atoms in total. The number of nitrogens with zero attached hydrogens (tertiary/aromatic N) is 4. The van der Waals surface area contributed by atoms with Crippen molar-refractivity contribution in [3.8, 4) is 11.3 Å². The predicted molar refractivity (Wildman–Crippen MR) is 125 cm³/mol. The van der Waals surface area contributed by atoms with Crippen LogP contribution in [-0.2, 0) is 11.8 Å². The number of allylic oxidation sites excluding steroid dienone is 1. The van der Waals surface area contributed by atoms with Gasteiger partial charge in [-0.25, -0.2) is 9.18 Å². The molecule has 0 bridgehead atoms. The molecule has 0 saturated heterocycles. The molecule has 2 aromatic heterocycles. The number of ether oxygens (including phenoxy) is 1. The Hall–Kier alpha value is -3.68. The van der Waals surface area contributed by atoms with E-state index in [0.29, 0.717) is 44.9 Å². The van der Waals surface area contributed by atoms with Crippen molar-refractivity contribution in [1.82, 2.24) is 19.6 Å². The van der Waals surface area contributed by atoms with E-state index in [9.17, 15) is 9.18 Å². The number of nitrogen functional groups attached to an aromatic ring is 1. The van der Waals surface area contributed by atoms with Gasteiger partial charge < -0.3 is 10.5 Å². The molecule has 0 aliphatic carbocycles. The summed E-state index contributed by atoms with van der Waals surface area (Å²) in [5.74, 6) is -0.418. The van der Waals surface area contributed by atoms with E-state index in [-0.39, 0.29) is 0 Å². The Bertz CT molecular complexity index is 1200. The molecular formula is C24H28FN5O2. The normalized spacial score (nSPS) is 12.2. The number of carbonyl (C=O) groups is 1. The van der Waals surface area contributed by atoms with E-state index >= 15 is 0 Å². The van der Waals surface area contributed by atoms with E-state index in [4.69, 9.17) is 10.5 Å². The number of nitrogens with two attached hydrogens (primary N) is 1. The summed E-state index contributed by atoms with van der Waals surface area (Å²) in [4.78, 5) is 12.9. The third-order valence-corrected chi connectivity index (χ3v) is 4.76. The minimum absolute atomic E-state index is 0.358. The number of halogens is 1. The van der Waals surface area contributed by atoms with Gasteiger partial charge in [-0.2, -0.15) is 14.9 Å². The number of hydrogen-bond acceptors (Lipinski definition) is 5. The van der Waals surface area contributed by atoms with Gasteiger partial charge in [0.1, 0.15) is 17.1 Å². The van der Waals surface area contributed by atoms with Crippen LogP contribution in [0.15, 0.2) is 31.1 Å². The molecule has 0 atom stereocenters. The lowest BCUT2D eigenvalue weighted by Crippen LogP contribution is -2.28. The van der Waals surface area contributed by atoms with Gasteiger partial charge in [0.2, 0.25) is 0 Å². The zero-order valence-corrected chi connectivity index (χ0v) is 19.2. The fraction of sp³-hybridized carbons (Fsp3) is 0.292. The summed E-state index contributed by atoms with van der Waals surface area (Å²) < 4.78 is 23.1. The summed E-state index contributed by atoms with van der Waals surface area (Å²) >= 11 is 0. The maximum Gasteiger partial charge on any atom is 0.435 e. The van der Waals surface area contributed by atoms with Crippen LogP contribution in [0.4, 0.5) is 14.9 Å². The van der Waals surface area contributed by atoms with Crippen molar-refractivity contribution in [3.05, 3.63) is 59.3 Å². The molecule has 3 rings (SSSR count). The first-order chi connectivity index (χ1) is 14.9. The molecule has 8 heteroatoms. The second kappa shape index (κ2) is 8.45. The first-order valence-electron chi connectivity index (χ1n) is 10.1. The van der Waals surface area contributed by atoms with Gasteiger partial charge in [-0.15, -0.1) is 0 Å². The van der Waals surface area contributed by atoms with Crippen molar-refractivity contribution in [2.75, 3.05) is 5.73 Å². The minimum Gasteiger partial charge on any atom is -0.442 e. The lowest BCUT2D eigenvalue weighted by Gasteiger charge is -2.19. The van der Waals surface area contributed by atoms with E-state index in [2.05, 4.69) is 16.8 Å². The molecule has 0 aliphatic heterocycles. The fourth-order valence-electron chi connectivity index (χ4n) is 3.54. The third kappa shape index (κ3) is 4.64. The summed E-state index contributed by atoms with van der Waals surface area (Å²) in [6.07, 6.45) is 6.12. The van der Waals surface area contributed by atoms with E-state index in [1.165, 1.54) is 16.8 Å². The number of rotatable bonds is 4. The van der Waals surface area contributed by atoms with E-state index in [1.807, 2.05) is 0 Å². The topological polar surface area (TPSA) is 88.0 Å². The average molecular weight is 438 g/mol. The van der Waals surface area contributed by atoms with Crippen molar-refractivity contribution in [2.45, 2.75) is 40.2 Å². The molecule has 0 amide bonds. The Morgan fingerprint density at radius 2 is 2.00 bits per heavy atom. The number of benzene rings is 1. The van der Waals surface area contributed by atoms with Crippen molar-refractivity contribution in [1.29, 1.82) is 0 Å². The van der Waals surface area contributed by atoms with Crippen LogP contribution < -0.4 is 5.73 Å². The Kier molecular flexibility index (Phi) is 6.07. The molecule has 2 heterocycles. The minimum atomic E-state index is -0.702. The van der Waals surface area contributed by atoms with Gasteiger partial charge in [0.25, 0.3) is 0 Å². The maximum atomic E-state index is 14.7. The molecule has 0 spiro atoms. The molecule has 0 aliphatic rings. The Morgan fingerprint density at radius 1 is 1.31 bits per heavy atom. The largest absolute Gasteiger partial charge is 0.442 e. The highest BCUT2D eigenvalue weighted by Crippen LogP contribution is 2.32. The van der Waals surface area contributed by atoms with Crippen LogP contribution in [0.25, 0.3) is 29.0 Å². The van der Waals surface area contributed by atoms with Gasteiger partial charge in [0.15, 0.2) is 0 Å². The van der Waals surface area contributed by atoms with Gasteiger partial charge in [0.05, 0.1) is 11.9 Å². The second-order valence-electron chi connectivity index (χ2n) is 8.67. The van der Waals surface area contributed by atoms with Gasteiger partial charge in [0, 0.05) is 35.6 Å². The van der Waals surface area contributed by atoms with Crippen molar-refractivity contribution < 1.29 is 13.9 Å². The van der Waals surface area contributed by atoms with Crippen molar-refractivity contribution >= 4 is 29.5 Å². The van der Waals surface area contributed by atoms with E-state index in [0.717, 1.165) is 0 Å². The molecule has 32 heavy (non-hydrogen) atoms. The third-order valence-electron chi connectivity index (χ3n) is 4.76. The van der Waals surface area contributed by atoms with Gasteiger partial charge in [-0.3, -0.25) is 4.68 Å². The molecule has 0 saturated carbocycles. The number of hydrogen-bond donors (Lipinski definition) is 1. The Balaban J connectivity index is 2.25. The number of anilines is 1. The second-order valence-corrected chi connectivity index (χ2v) is 8.67. The monoisotopic (exact) mass is 437 g/mol. The summed E-state index contributed by atoms with van der Waals surface area (Å²) in [6.45, 7) is 12.8. The zero-order chi connectivity index (χ0) is 23.8. The van der Waals surface area contributed by atoms with E-state index < -0.39 is 17.5 Å². The van der Waals surface area contributed by atoms with Crippen LogP contribution in [0.2, 0.25) is 0 Å². The summed E-state index contributed by atoms with van der Waals surface area (Å²) in [5.41, 5.74) is 9.47. The SMILES string of the molecule is C=Cc1c(/C=C(\C)c2c(C)cc(N)cc2F)c(-c2cnn(C)c2)nn1C(=O)OC(C)(C)C. The Morgan fingerprint density at radius 3 is 2.53 bits per heavy atom. The quantitative estimate of drug-likeness (QED) is 0.560. The first kappa shape index (κ1) is 23.0. The van der Waals surface area contributed by atoms with Crippen LogP contribution in [0.5, 0.6) is 0 Å². The van der Waals surface area contributed by atoms with Crippen molar-refractivity contribution in [2.24, 2.45) is 7.05 Å². The van der Waals surface area contributed by atoms with Crippen LogP contribution in [-0.4, -0.2) is 31.3 Å². The van der Waals surface area contributed by atoms with Crippen molar-refractivity contribution in [3.63, 3.8) is 0 Å². The van der Waals surface area contributed by atoms with Gasteiger partial charge >= 0.3 is 6.09 Å². The predicted octanol–water partition coefficient (Wildman–Crippen LogP) is 5.30.